The van der Waals surface area contributed by atoms with Gasteiger partial charge in [0.15, 0.2) is 12.4 Å². The van der Waals surface area contributed by atoms with Crippen LogP contribution in [0.1, 0.15) is 44.0 Å². The Morgan fingerprint density at radius 1 is 1.33 bits per heavy atom. The molecule has 2 aromatic rings. The van der Waals surface area contributed by atoms with E-state index in [0.717, 1.165) is 12.0 Å². The second-order valence-corrected chi connectivity index (χ2v) is 5.84. The minimum atomic E-state index is 0.0979. The van der Waals surface area contributed by atoms with Crippen LogP contribution in [0.3, 0.4) is 0 Å². The van der Waals surface area contributed by atoms with Crippen molar-refractivity contribution < 1.29 is 9.26 Å². The Morgan fingerprint density at radius 2 is 2.10 bits per heavy atom. The Labute approximate surface area is 129 Å². The monoisotopic (exact) mass is 309 g/mol. The molecule has 1 aromatic heterocycles. The number of aromatic nitrogens is 2. The van der Waals surface area contributed by atoms with Crippen LogP contribution in [0.5, 0.6) is 5.75 Å². The predicted molar refractivity (Wildman–Crippen MR) is 81.5 cm³/mol. The average molecular weight is 310 g/mol. The first kappa shape index (κ1) is 15.8. The number of halogens is 1. The molecule has 0 aliphatic heterocycles. The number of ether oxygens (including phenoxy) is 1. The Balaban J connectivity index is 1.99. The van der Waals surface area contributed by atoms with Gasteiger partial charge in [0, 0.05) is 12.0 Å². The Morgan fingerprint density at radius 3 is 2.67 bits per heavy atom. The zero-order valence-electron chi connectivity index (χ0n) is 12.5. The number of hydrogen-bond acceptors (Lipinski definition) is 5. The highest BCUT2D eigenvalue weighted by Gasteiger charge is 2.11. The van der Waals surface area contributed by atoms with Crippen molar-refractivity contribution in [3.05, 3.63) is 40.5 Å². The van der Waals surface area contributed by atoms with Gasteiger partial charge in [-0.2, -0.15) is 4.98 Å². The van der Waals surface area contributed by atoms with Crippen molar-refractivity contribution in [2.75, 3.05) is 0 Å². The Kier molecular flexibility index (Phi) is 5.20. The second kappa shape index (κ2) is 6.91. The van der Waals surface area contributed by atoms with Crippen LogP contribution in [-0.4, -0.2) is 16.2 Å². The summed E-state index contributed by atoms with van der Waals surface area (Å²) in [5.74, 6) is 1.93. The van der Waals surface area contributed by atoms with Crippen LogP contribution >= 0.6 is 11.6 Å². The number of rotatable bonds is 6. The molecule has 2 N–H and O–H groups in total. The lowest BCUT2D eigenvalue weighted by Gasteiger charge is -2.09. The molecule has 0 amide bonds. The van der Waals surface area contributed by atoms with Gasteiger partial charge < -0.3 is 15.0 Å². The lowest BCUT2D eigenvalue weighted by Crippen LogP contribution is -2.17. The molecular formula is C15H20ClN3O2. The van der Waals surface area contributed by atoms with Gasteiger partial charge in [0.1, 0.15) is 5.75 Å². The normalized spacial score (nSPS) is 12.7. The molecule has 0 saturated carbocycles. The third-order valence-electron chi connectivity index (χ3n) is 2.91. The van der Waals surface area contributed by atoms with E-state index >= 15 is 0 Å². The molecular weight excluding hydrogens is 290 g/mol. The summed E-state index contributed by atoms with van der Waals surface area (Å²) in [4.78, 5) is 4.25. The molecule has 1 aromatic carbocycles. The lowest BCUT2D eigenvalue weighted by atomic mass is 10.1. The number of hydrogen-bond donors (Lipinski definition) is 1. The van der Waals surface area contributed by atoms with E-state index in [0.29, 0.717) is 22.5 Å². The van der Waals surface area contributed by atoms with E-state index in [4.69, 9.17) is 26.6 Å². The van der Waals surface area contributed by atoms with E-state index in [1.165, 1.54) is 0 Å². The zero-order chi connectivity index (χ0) is 15.4. The van der Waals surface area contributed by atoms with Crippen LogP contribution in [0.4, 0.5) is 0 Å². The van der Waals surface area contributed by atoms with E-state index in [9.17, 15) is 0 Å². The van der Waals surface area contributed by atoms with Gasteiger partial charge in [-0.25, -0.2) is 0 Å². The lowest BCUT2D eigenvalue weighted by molar-refractivity contribution is 0.242. The van der Waals surface area contributed by atoms with Crippen LogP contribution in [-0.2, 0) is 13.0 Å². The fourth-order valence-corrected chi connectivity index (χ4v) is 2.12. The maximum Gasteiger partial charge on any atom is 0.264 e. The molecule has 0 spiro atoms. The minimum absolute atomic E-state index is 0.0979. The van der Waals surface area contributed by atoms with Gasteiger partial charge in [-0.1, -0.05) is 36.7 Å². The van der Waals surface area contributed by atoms with Crippen molar-refractivity contribution in [2.45, 2.75) is 45.8 Å². The Bertz CT molecular complexity index is 596. The molecule has 6 heteroatoms. The summed E-state index contributed by atoms with van der Waals surface area (Å²) in [5.41, 5.74) is 6.86. The molecule has 5 nitrogen and oxygen atoms in total. The summed E-state index contributed by atoms with van der Waals surface area (Å²) in [5, 5.41) is 4.44. The SMILES string of the molecule is CC(N)Cc1ccc(OCc2nc(C(C)C)no2)c(Cl)c1. The van der Waals surface area contributed by atoms with E-state index in [1.807, 2.05) is 39.0 Å². The molecule has 0 fully saturated rings. The molecule has 0 aliphatic carbocycles. The topological polar surface area (TPSA) is 74.2 Å². The summed E-state index contributed by atoms with van der Waals surface area (Å²) in [6.07, 6.45) is 0.779. The number of nitrogens with two attached hydrogens (primary N) is 1. The summed E-state index contributed by atoms with van der Waals surface area (Å²) in [6, 6.07) is 5.76. The van der Waals surface area contributed by atoms with Gasteiger partial charge in [0.25, 0.3) is 5.89 Å². The average Bonchev–Trinajstić information content (AvgIpc) is 2.86. The third kappa shape index (κ3) is 4.44. The van der Waals surface area contributed by atoms with Crippen molar-refractivity contribution in [2.24, 2.45) is 5.73 Å². The maximum atomic E-state index is 6.20. The molecule has 21 heavy (non-hydrogen) atoms. The summed E-state index contributed by atoms with van der Waals surface area (Å²) in [6.45, 7) is 6.17. The van der Waals surface area contributed by atoms with Crippen molar-refractivity contribution in [1.82, 2.24) is 10.1 Å². The smallest absolute Gasteiger partial charge is 0.264 e. The largest absolute Gasteiger partial charge is 0.482 e. The maximum absolute atomic E-state index is 6.20. The summed E-state index contributed by atoms with van der Waals surface area (Å²) >= 11 is 6.20. The van der Waals surface area contributed by atoms with Crippen molar-refractivity contribution >= 4 is 11.6 Å². The molecule has 0 saturated heterocycles. The number of nitrogens with zero attached hydrogens (tertiary/aromatic N) is 2. The molecule has 1 atom stereocenters. The van der Waals surface area contributed by atoms with Gasteiger partial charge in [0.2, 0.25) is 0 Å². The second-order valence-electron chi connectivity index (χ2n) is 5.44. The van der Waals surface area contributed by atoms with Gasteiger partial charge >= 0.3 is 0 Å². The highest BCUT2D eigenvalue weighted by Crippen LogP contribution is 2.26. The van der Waals surface area contributed by atoms with Gasteiger partial charge in [0.05, 0.1) is 5.02 Å². The molecule has 0 radical (unpaired) electrons. The highest BCUT2D eigenvalue weighted by atomic mass is 35.5. The first-order chi connectivity index (χ1) is 9.95. The molecule has 2 rings (SSSR count). The van der Waals surface area contributed by atoms with Crippen LogP contribution in [0.25, 0.3) is 0 Å². The van der Waals surface area contributed by atoms with Crippen molar-refractivity contribution in [3.63, 3.8) is 0 Å². The van der Waals surface area contributed by atoms with Crippen LogP contribution in [0.2, 0.25) is 5.02 Å². The molecule has 1 unspecified atom stereocenters. The standard InChI is InChI=1S/C15H20ClN3O2/c1-9(2)15-18-14(21-19-15)8-20-13-5-4-11(6-10(3)17)7-12(13)16/h4-5,7,9-10H,6,8,17H2,1-3H3. The van der Waals surface area contributed by atoms with Gasteiger partial charge in [-0.15, -0.1) is 0 Å². The van der Waals surface area contributed by atoms with E-state index < -0.39 is 0 Å². The molecule has 114 valence electrons. The van der Waals surface area contributed by atoms with Crippen LogP contribution in [0, 0.1) is 0 Å². The predicted octanol–water partition coefficient (Wildman–Crippen LogP) is 3.32. The quantitative estimate of drug-likeness (QED) is 0.886. The molecule has 1 heterocycles. The minimum Gasteiger partial charge on any atom is -0.482 e. The van der Waals surface area contributed by atoms with E-state index in [-0.39, 0.29) is 18.6 Å². The van der Waals surface area contributed by atoms with Crippen LogP contribution in [0.15, 0.2) is 22.7 Å². The highest BCUT2D eigenvalue weighted by molar-refractivity contribution is 6.32. The fourth-order valence-electron chi connectivity index (χ4n) is 1.86. The van der Waals surface area contributed by atoms with E-state index in [1.54, 1.807) is 0 Å². The zero-order valence-corrected chi connectivity index (χ0v) is 13.2. The number of benzene rings is 1. The molecule has 0 bridgehead atoms. The Hall–Kier alpha value is -1.59. The first-order valence-electron chi connectivity index (χ1n) is 6.95. The fraction of sp³-hybridized carbons (Fsp3) is 0.467. The van der Waals surface area contributed by atoms with Gasteiger partial charge in [-0.05, 0) is 31.0 Å². The van der Waals surface area contributed by atoms with E-state index in [2.05, 4.69) is 10.1 Å². The van der Waals surface area contributed by atoms with Crippen molar-refractivity contribution in [3.8, 4) is 5.75 Å². The third-order valence-corrected chi connectivity index (χ3v) is 3.20. The van der Waals surface area contributed by atoms with Crippen molar-refractivity contribution in [1.29, 1.82) is 0 Å². The summed E-state index contributed by atoms with van der Waals surface area (Å²) in [7, 11) is 0. The molecule has 0 aliphatic rings. The first-order valence-corrected chi connectivity index (χ1v) is 7.32. The van der Waals surface area contributed by atoms with Gasteiger partial charge in [-0.3, -0.25) is 0 Å². The summed E-state index contributed by atoms with van der Waals surface area (Å²) < 4.78 is 10.7. The van der Waals surface area contributed by atoms with Crippen LogP contribution < -0.4 is 10.5 Å².